The second kappa shape index (κ2) is 12.7. The molecule has 8 aromatic carbocycles. The van der Waals surface area contributed by atoms with Crippen LogP contribution >= 0.6 is 0 Å². The molecule has 1 aromatic heterocycles. The summed E-state index contributed by atoms with van der Waals surface area (Å²) in [5.41, 5.74) is 9.81. The fraction of sp³-hybridized carbons (Fsp3) is 0. The fourth-order valence-electron chi connectivity index (χ4n) is 6.85. The molecule has 9 aromatic rings. The van der Waals surface area contributed by atoms with E-state index in [1.807, 2.05) is 12.1 Å². The van der Waals surface area contributed by atoms with Gasteiger partial charge in [-0.3, -0.25) is 0 Å². The van der Waals surface area contributed by atoms with E-state index in [-0.39, 0.29) is 0 Å². The molecule has 3 heteroatoms. The van der Waals surface area contributed by atoms with Crippen molar-refractivity contribution in [2.75, 3.05) is 0 Å². The van der Waals surface area contributed by atoms with E-state index in [1.165, 1.54) is 27.6 Å². The first-order valence-corrected chi connectivity index (χ1v) is 16.9. The van der Waals surface area contributed by atoms with E-state index in [0.717, 1.165) is 44.0 Å². The van der Waals surface area contributed by atoms with Gasteiger partial charge in [0.1, 0.15) is 0 Å². The maximum Gasteiger partial charge on any atom is 0.164 e. The molecule has 0 saturated heterocycles. The molecule has 9 rings (SSSR count). The number of rotatable bonds is 6. The predicted molar refractivity (Wildman–Crippen MR) is 207 cm³/mol. The summed E-state index contributed by atoms with van der Waals surface area (Å²) in [4.78, 5) is 15.6. The molecular formula is C47H31N3. The Bertz CT molecular complexity index is 2630. The summed E-state index contributed by atoms with van der Waals surface area (Å²) in [6.45, 7) is 0. The van der Waals surface area contributed by atoms with Gasteiger partial charge >= 0.3 is 0 Å². The summed E-state index contributed by atoms with van der Waals surface area (Å²) < 4.78 is 0. The third kappa shape index (κ3) is 5.51. The van der Waals surface area contributed by atoms with Crippen molar-refractivity contribution in [3.63, 3.8) is 0 Å². The van der Waals surface area contributed by atoms with Crippen molar-refractivity contribution < 1.29 is 0 Å². The van der Waals surface area contributed by atoms with Crippen LogP contribution in [-0.2, 0) is 0 Å². The van der Waals surface area contributed by atoms with Gasteiger partial charge < -0.3 is 0 Å². The minimum absolute atomic E-state index is 0.637. The molecule has 1 heterocycles. The molecule has 0 N–H and O–H groups in total. The van der Waals surface area contributed by atoms with E-state index in [2.05, 4.69) is 176 Å². The minimum Gasteiger partial charge on any atom is -0.208 e. The Balaban J connectivity index is 1.24. The van der Waals surface area contributed by atoms with Gasteiger partial charge in [0.05, 0.1) is 0 Å². The number of fused-ring (bicyclic) bond motifs is 2. The summed E-state index contributed by atoms with van der Waals surface area (Å²) in [5, 5.41) is 4.55. The Morgan fingerprint density at radius 3 is 1.34 bits per heavy atom. The van der Waals surface area contributed by atoms with Crippen LogP contribution < -0.4 is 0 Å². The van der Waals surface area contributed by atoms with Crippen LogP contribution in [-0.4, -0.2) is 15.0 Å². The van der Waals surface area contributed by atoms with Gasteiger partial charge in [0, 0.05) is 16.7 Å². The van der Waals surface area contributed by atoms with Gasteiger partial charge in [0.15, 0.2) is 17.5 Å². The van der Waals surface area contributed by atoms with Crippen LogP contribution in [0.2, 0.25) is 0 Å². The van der Waals surface area contributed by atoms with Gasteiger partial charge in [-0.2, -0.15) is 0 Å². The molecule has 0 radical (unpaired) electrons. The van der Waals surface area contributed by atoms with Crippen molar-refractivity contribution >= 4 is 21.5 Å². The smallest absolute Gasteiger partial charge is 0.164 e. The van der Waals surface area contributed by atoms with Crippen LogP contribution in [0.5, 0.6) is 0 Å². The van der Waals surface area contributed by atoms with Crippen LogP contribution in [0.15, 0.2) is 188 Å². The number of hydrogen-bond donors (Lipinski definition) is 0. The molecule has 0 unspecified atom stereocenters. The normalized spacial score (nSPS) is 11.2. The maximum absolute atomic E-state index is 5.22. The van der Waals surface area contributed by atoms with E-state index >= 15 is 0 Å². The van der Waals surface area contributed by atoms with E-state index < -0.39 is 0 Å². The highest BCUT2D eigenvalue weighted by molar-refractivity contribution is 6.04. The molecule has 0 aliphatic rings. The summed E-state index contributed by atoms with van der Waals surface area (Å²) in [5.74, 6) is 1.92. The van der Waals surface area contributed by atoms with Gasteiger partial charge in [-0.1, -0.05) is 170 Å². The van der Waals surface area contributed by atoms with Crippen molar-refractivity contribution in [1.82, 2.24) is 15.0 Å². The van der Waals surface area contributed by atoms with Crippen molar-refractivity contribution in [3.05, 3.63) is 188 Å². The van der Waals surface area contributed by atoms with Crippen LogP contribution in [0.3, 0.4) is 0 Å². The van der Waals surface area contributed by atoms with Gasteiger partial charge in [-0.15, -0.1) is 0 Å². The highest BCUT2D eigenvalue weighted by Gasteiger charge is 2.18. The minimum atomic E-state index is 0.637. The first kappa shape index (κ1) is 29.4. The lowest BCUT2D eigenvalue weighted by atomic mass is 9.94. The van der Waals surface area contributed by atoms with Crippen LogP contribution in [0.25, 0.3) is 89.1 Å². The second-order valence-corrected chi connectivity index (χ2v) is 12.4. The van der Waals surface area contributed by atoms with Crippen LogP contribution in [0.4, 0.5) is 0 Å². The van der Waals surface area contributed by atoms with E-state index in [1.54, 1.807) is 0 Å². The average Bonchev–Trinajstić information content (AvgIpc) is 3.21. The molecule has 234 valence electrons. The van der Waals surface area contributed by atoms with Crippen molar-refractivity contribution in [1.29, 1.82) is 0 Å². The molecule has 0 bridgehead atoms. The number of nitrogens with zero attached hydrogens (tertiary/aromatic N) is 3. The van der Waals surface area contributed by atoms with Crippen molar-refractivity contribution in [3.8, 4) is 67.5 Å². The quantitative estimate of drug-likeness (QED) is 0.182. The lowest BCUT2D eigenvalue weighted by molar-refractivity contribution is 1.08. The Kier molecular flexibility index (Phi) is 7.49. The summed E-state index contributed by atoms with van der Waals surface area (Å²) >= 11 is 0. The Hall–Kier alpha value is -6.71. The van der Waals surface area contributed by atoms with E-state index in [0.29, 0.717) is 17.5 Å². The number of hydrogen-bond acceptors (Lipinski definition) is 3. The monoisotopic (exact) mass is 637 g/mol. The van der Waals surface area contributed by atoms with Crippen LogP contribution in [0.1, 0.15) is 0 Å². The zero-order valence-corrected chi connectivity index (χ0v) is 27.2. The third-order valence-electron chi connectivity index (χ3n) is 9.34. The second-order valence-electron chi connectivity index (χ2n) is 12.4. The Labute approximate surface area is 291 Å². The Morgan fingerprint density at radius 2 is 0.680 bits per heavy atom. The first-order chi connectivity index (χ1) is 24.8. The maximum atomic E-state index is 5.22. The average molecular weight is 638 g/mol. The van der Waals surface area contributed by atoms with Gasteiger partial charge in [0.2, 0.25) is 0 Å². The molecule has 0 atom stereocenters. The van der Waals surface area contributed by atoms with Gasteiger partial charge in [-0.25, -0.2) is 15.0 Å². The molecule has 0 spiro atoms. The Morgan fingerprint density at radius 1 is 0.240 bits per heavy atom. The fourth-order valence-corrected chi connectivity index (χ4v) is 6.85. The zero-order chi connectivity index (χ0) is 33.3. The standard InChI is InChI=1S/C47H31N3/c1-4-14-32(15-5-1)35-24-25-37-31-38(27-26-36(37)30-35)45-48-46(43-23-13-10-20-39(43)33-16-6-2-7-17-33)50-47(49-45)44-29-28-40(34-18-8-3-9-19-34)41-21-11-12-22-42(41)44/h1-31H. The lowest BCUT2D eigenvalue weighted by Crippen LogP contribution is -2.01. The molecule has 0 amide bonds. The van der Waals surface area contributed by atoms with Crippen molar-refractivity contribution in [2.45, 2.75) is 0 Å². The molecular weight excluding hydrogens is 607 g/mol. The van der Waals surface area contributed by atoms with Gasteiger partial charge in [0.25, 0.3) is 0 Å². The molecule has 0 fully saturated rings. The lowest BCUT2D eigenvalue weighted by Gasteiger charge is -2.14. The SMILES string of the molecule is c1ccc(-c2ccc3cc(-c4nc(-c5ccccc5-c5ccccc5)nc(-c5ccc(-c6ccccc6)c6ccccc56)n4)ccc3c2)cc1. The largest absolute Gasteiger partial charge is 0.208 e. The van der Waals surface area contributed by atoms with E-state index in [4.69, 9.17) is 15.0 Å². The van der Waals surface area contributed by atoms with Crippen molar-refractivity contribution in [2.24, 2.45) is 0 Å². The third-order valence-corrected chi connectivity index (χ3v) is 9.34. The number of aromatic nitrogens is 3. The topological polar surface area (TPSA) is 38.7 Å². The number of benzene rings is 8. The highest BCUT2D eigenvalue weighted by atomic mass is 15.0. The zero-order valence-electron chi connectivity index (χ0n) is 27.2. The molecule has 50 heavy (non-hydrogen) atoms. The van der Waals surface area contributed by atoms with Gasteiger partial charge in [-0.05, 0) is 73.1 Å². The van der Waals surface area contributed by atoms with Crippen LogP contribution in [0, 0.1) is 0 Å². The predicted octanol–water partition coefficient (Wildman–Crippen LogP) is 12.2. The molecule has 0 aliphatic heterocycles. The first-order valence-electron chi connectivity index (χ1n) is 16.9. The highest BCUT2D eigenvalue weighted by Crippen LogP contribution is 2.37. The van der Waals surface area contributed by atoms with E-state index in [9.17, 15) is 0 Å². The summed E-state index contributed by atoms with van der Waals surface area (Å²) in [7, 11) is 0. The summed E-state index contributed by atoms with van der Waals surface area (Å²) in [6, 6.07) is 65.8. The molecule has 0 saturated carbocycles. The molecule has 0 aliphatic carbocycles. The molecule has 3 nitrogen and oxygen atoms in total. The summed E-state index contributed by atoms with van der Waals surface area (Å²) in [6.07, 6.45) is 0.